The van der Waals surface area contributed by atoms with Crippen LogP contribution in [-0.2, 0) is 22.4 Å². The molecule has 1 atom stereocenters. The van der Waals surface area contributed by atoms with Gasteiger partial charge < -0.3 is 9.84 Å². The summed E-state index contributed by atoms with van der Waals surface area (Å²) in [5.41, 5.74) is 2.38. The van der Waals surface area contributed by atoms with Gasteiger partial charge in [0.25, 0.3) is 0 Å². The number of hydrogen-bond acceptors (Lipinski definition) is 3. The summed E-state index contributed by atoms with van der Waals surface area (Å²) in [6.45, 7) is 4.75. The van der Waals surface area contributed by atoms with Crippen LogP contribution in [0.4, 0.5) is 0 Å². The van der Waals surface area contributed by atoms with Gasteiger partial charge in [-0.3, -0.25) is 9.69 Å². The lowest BCUT2D eigenvalue weighted by Crippen LogP contribution is -2.48. The van der Waals surface area contributed by atoms with Crippen LogP contribution in [0.2, 0.25) is 0 Å². The summed E-state index contributed by atoms with van der Waals surface area (Å²) >= 11 is 0. The molecule has 1 saturated heterocycles. The molecule has 4 heteroatoms. The Labute approximate surface area is 114 Å². The summed E-state index contributed by atoms with van der Waals surface area (Å²) in [6.07, 6.45) is 1.50. The first-order chi connectivity index (χ1) is 9.22. The number of carbonyl (C=O) groups is 1. The molecule has 4 nitrogen and oxygen atoms in total. The molecule has 0 spiro atoms. The van der Waals surface area contributed by atoms with Gasteiger partial charge in [-0.2, -0.15) is 0 Å². The fourth-order valence-corrected chi connectivity index (χ4v) is 2.57. The zero-order chi connectivity index (χ0) is 13.7. The van der Waals surface area contributed by atoms with E-state index in [1.54, 1.807) is 0 Å². The van der Waals surface area contributed by atoms with Crippen molar-refractivity contribution in [3.63, 3.8) is 0 Å². The molecule has 0 unspecified atom stereocenters. The smallest absolute Gasteiger partial charge is 0.321 e. The van der Waals surface area contributed by atoms with Crippen LogP contribution in [0.5, 0.6) is 0 Å². The molecule has 0 radical (unpaired) electrons. The Morgan fingerprint density at radius 1 is 1.32 bits per heavy atom. The predicted octanol–water partition coefficient (Wildman–Crippen LogP) is 1.58. The van der Waals surface area contributed by atoms with Crippen LogP contribution < -0.4 is 0 Å². The lowest BCUT2D eigenvalue weighted by atomic mass is 9.97. The number of carboxylic acid groups (broad SMARTS) is 1. The molecule has 1 fully saturated rings. The number of aliphatic carboxylic acids is 1. The number of rotatable bonds is 5. The standard InChI is InChI=1S/C15H21NO3/c1-2-12-5-3-4-6-13(12)11-14(15(17)18)16-7-9-19-10-8-16/h3-6,14H,2,7-11H2,1H3,(H,17,18)/t14-/m1/s1. The highest BCUT2D eigenvalue weighted by molar-refractivity contribution is 5.74. The highest BCUT2D eigenvalue weighted by Gasteiger charge is 2.27. The molecule has 1 aromatic rings. The van der Waals surface area contributed by atoms with Crippen LogP contribution in [0.15, 0.2) is 24.3 Å². The van der Waals surface area contributed by atoms with E-state index in [2.05, 4.69) is 13.0 Å². The molecule has 1 aliphatic rings. The lowest BCUT2D eigenvalue weighted by Gasteiger charge is -2.32. The van der Waals surface area contributed by atoms with E-state index in [4.69, 9.17) is 4.74 Å². The SMILES string of the molecule is CCc1ccccc1C[C@H](C(=O)O)N1CCOCC1. The van der Waals surface area contributed by atoms with Crippen LogP contribution in [0.1, 0.15) is 18.1 Å². The van der Waals surface area contributed by atoms with Gasteiger partial charge in [-0.15, -0.1) is 0 Å². The van der Waals surface area contributed by atoms with Crippen molar-refractivity contribution in [2.45, 2.75) is 25.8 Å². The van der Waals surface area contributed by atoms with E-state index >= 15 is 0 Å². The number of aryl methyl sites for hydroxylation is 1. The van der Waals surface area contributed by atoms with Crippen LogP contribution in [0.3, 0.4) is 0 Å². The second-order valence-electron chi connectivity index (χ2n) is 4.83. The maximum absolute atomic E-state index is 11.5. The summed E-state index contributed by atoms with van der Waals surface area (Å²) in [4.78, 5) is 13.5. The maximum atomic E-state index is 11.5. The third-order valence-corrected chi connectivity index (χ3v) is 3.68. The zero-order valence-corrected chi connectivity index (χ0v) is 11.3. The number of ether oxygens (including phenoxy) is 1. The minimum absolute atomic E-state index is 0.448. The van der Waals surface area contributed by atoms with Crippen LogP contribution in [0, 0.1) is 0 Å². The van der Waals surface area contributed by atoms with Crippen LogP contribution in [0.25, 0.3) is 0 Å². The van der Waals surface area contributed by atoms with Crippen molar-refractivity contribution < 1.29 is 14.6 Å². The first-order valence-electron chi connectivity index (χ1n) is 6.83. The van der Waals surface area contributed by atoms with Crippen LogP contribution in [-0.4, -0.2) is 48.3 Å². The normalized spacial score (nSPS) is 18.2. The van der Waals surface area contributed by atoms with Gasteiger partial charge in [0, 0.05) is 13.1 Å². The van der Waals surface area contributed by atoms with E-state index < -0.39 is 12.0 Å². The summed E-state index contributed by atoms with van der Waals surface area (Å²) in [7, 11) is 0. The van der Waals surface area contributed by atoms with Crippen LogP contribution >= 0.6 is 0 Å². The summed E-state index contributed by atoms with van der Waals surface area (Å²) in [6, 6.07) is 7.65. The van der Waals surface area contributed by atoms with Crippen molar-refractivity contribution in [2.24, 2.45) is 0 Å². The Hall–Kier alpha value is -1.39. The molecule has 0 aromatic heterocycles. The van der Waals surface area contributed by atoms with Gasteiger partial charge in [0.15, 0.2) is 0 Å². The summed E-state index contributed by atoms with van der Waals surface area (Å²) < 4.78 is 5.29. The van der Waals surface area contributed by atoms with Crippen molar-refractivity contribution in [1.82, 2.24) is 4.90 Å². The van der Waals surface area contributed by atoms with Crippen molar-refractivity contribution in [3.8, 4) is 0 Å². The number of nitrogens with zero attached hydrogens (tertiary/aromatic N) is 1. The van der Waals surface area contributed by atoms with E-state index in [9.17, 15) is 9.90 Å². The molecule has 0 bridgehead atoms. The van der Waals surface area contributed by atoms with E-state index in [0.29, 0.717) is 32.7 Å². The molecule has 19 heavy (non-hydrogen) atoms. The van der Waals surface area contributed by atoms with Crippen molar-refractivity contribution in [3.05, 3.63) is 35.4 Å². The Morgan fingerprint density at radius 2 is 1.95 bits per heavy atom. The second kappa shape index (κ2) is 6.68. The molecule has 1 aliphatic heterocycles. The van der Waals surface area contributed by atoms with Gasteiger partial charge >= 0.3 is 5.97 Å². The Balaban J connectivity index is 2.13. The molecule has 0 aliphatic carbocycles. The minimum atomic E-state index is -0.743. The van der Waals surface area contributed by atoms with Crippen molar-refractivity contribution >= 4 is 5.97 Å². The average molecular weight is 263 g/mol. The second-order valence-corrected chi connectivity index (χ2v) is 4.83. The van der Waals surface area contributed by atoms with Gasteiger partial charge in [-0.05, 0) is 24.0 Å². The number of hydrogen-bond donors (Lipinski definition) is 1. The van der Waals surface area contributed by atoms with Gasteiger partial charge in [0.1, 0.15) is 6.04 Å². The fourth-order valence-electron chi connectivity index (χ4n) is 2.57. The summed E-state index contributed by atoms with van der Waals surface area (Å²) in [5.74, 6) is -0.743. The molecule has 104 valence electrons. The molecule has 1 heterocycles. The van der Waals surface area contributed by atoms with E-state index in [0.717, 1.165) is 12.0 Å². The molecule has 0 saturated carbocycles. The van der Waals surface area contributed by atoms with E-state index in [-0.39, 0.29) is 0 Å². The lowest BCUT2D eigenvalue weighted by molar-refractivity contribution is -0.145. The molecule has 1 aromatic carbocycles. The molecule has 1 N–H and O–H groups in total. The van der Waals surface area contributed by atoms with Gasteiger partial charge in [-0.1, -0.05) is 31.2 Å². The number of carboxylic acids is 1. The molecule has 2 rings (SSSR count). The number of morpholine rings is 1. The first kappa shape index (κ1) is 14.0. The monoisotopic (exact) mass is 263 g/mol. The summed E-state index contributed by atoms with van der Waals surface area (Å²) in [5, 5.41) is 9.47. The minimum Gasteiger partial charge on any atom is -0.480 e. The first-order valence-corrected chi connectivity index (χ1v) is 6.83. The maximum Gasteiger partial charge on any atom is 0.321 e. The van der Waals surface area contributed by atoms with Gasteiger partial charge in [-0.25, -0.2) is 0 Å². The largest absolute Gasteiger partial charge is 0.480 e. The highest BCUT2D eigenvalue weighted by atomic mass is 16.5. The van der Waals surface area contributed by atoms with Gasteiger partial charge in [0.2, 0.25) is 0 Å². The third kappa shape index (κ3) is 3.55. The zero-order valence-electron chi connectivity index (χ0n) is 11.3. The van der Waals surface area contributed by atoms with E-state index in [1.807, 2.05) is 23.1 Å². The Morgan fingerprint density at radius 3 is 2.53 bits per heavy atom. The number of benzene rings is 1. The quantitative estimate of drug-likeness (QED) is 0.876. The topological polar surface area (TPSA) is 49.8 Å². The Kier molecular flexibility index (Phi) is 4.93. The van der Waals surface area contributed by atoms with E-state index in [1.165, 1.54) is 5.56 Å². The molecule has 0 amide bonds. The van der Waals surface area contributed by atoms with Gasteiger partial charge in [0.05, 0.1) is 13.2 Å². The molecular formula is C15H21NO3. The van der Waals surface area contributed by atoms with Crippen molar-refractivity contribution in [1.29, 1.82) is 0 Å². The molecular weight excluding hydrogens is 242 g/mol. The fraction of sp³-hybridized carbons (Fsp3) is 0.533. The average Bonchev–Trinajstić information content (AvgIpc) is 2.45. The predicted molar refractivity (Wildman–Crippen MR) is 73.3 cm³/mol. The third-order valence-electron chi connectivity index (χ3n) is 3.68. The Bertz CT molecular complexity index is 427. The highest BCUT2D eigenvalue weighted by Crippen LogP contribution is 2.16. The van der Waals surface area contributed by atoms with Crippen molar-refractivity contribution in [2.75, 3.05) is 26.3 Å².